The van der Waals surface area contributed by atoms with Crippen LogP contribution >= 0.6 is 11.6 Å². The van der Waals surface area contributed by atoms with Gasteiger partial charge in [0.2, 0.25) is 11.7 Å². The second-order valence-electron chi connectivity index (χ2n) is 12.6. The number of nitrogens with zero attached hydrogens (tertiary/aromatic N) is 2. The van der Waals surface area contributed by atoms with Crippen molar-refractivity contribution in [2.24, 2.45) is 22.4 Å². The molecular weight excluding hydrogens is 504 g/mol. The number of Topliss-reactive ketones (excluding diaryl/α,β-unsaturated/α-hetero) is 3. The summed E-state index contributed by atoms with van der Waals surface area (Å²) in [6, 6.07) is 6.65. The van der Waals surface area contributed by atoms with Gasteiger partial charge in [-0.3, -0.25) is 19.2 Å². The average molecular weight is 543 g/mol. The number of benzene rings is 1. The lowest BCUT2D eigenvalue weighted by molar-refractivity contribution is -0.142. The molecule has 1 saturated carbocycles. The molecule has 1 amide bonds. The van der Waals surface area contributed by atoms with Gasteiger partial charge < -0.3 is 9.74 Å². The number of rotatable bonds is 11. The van der Waals surface area contributed by atoms with Crippen molar-refractivity contribution in [3.63, 3.8) is 0 Å². The largest absolute Gasteiger partial charge is 0.387 e. The Morgan fingerprint density at radius 1 is 1.21 bits per heavy atom. The number of oxime groups is 1. The van der Waals surface area contributed by atoms with Crippen LogP contribution in [0.2, 0.25) is 5.02 Å². The van der Waals surface area contributed by atoms with Crippen LogP contribution in [0.5, 0.6) is 0 Å². The third-order valence-corrected chi connectivity index (χ3v) is 7.91. The lowest BCUT2D eigenvalue weighted by Crippen LogP contribution is -2.43. The van der Waals surface area contributed by atoms with Crippen LogP contribution in [0.3, 0.4) is 0 Å². The van der Waals surface area contributed by atoms with Gasteiger partial charge in [-0.15, -0.1) is 0 Å². The molecule has 7 nitrogen and oxygen atoms in total. The zero-order valence-electron chi connectivity index (χ0n) is 22.9. The molecule has 0 aromatic heterocycles. The molecule has 2 fully saturated rings. The smallest absolute Gasteiger partial charge is 0.223 e. The summed E-state index contributed by atoms with van der Waals surface area (Å²) in [4.78, 5) is 60.3. The van der Waals surface area contributed by atoms with Crippen LogP contribution < -0.4 is 0 Å². The topological polar surface area (TPSA) is 93.1 Å². The lowest BCUT2D eigenvalue weighted by Gasteiger charge is -2.28. The van der Waals surface area contributed by atoms with Gasteiger partial charge in [-0.05, 0) is 42.7 Å². The Labute approximate surface area is 230 Å². The first-order chi connectivity index (χ1) is 17.9. The summed E-state index contributed by atoms with van der Waals surface area (Å²) < 4.78 is 0. The second kappa shape index (κ2) is 11.3. The molecule has 2 heterocycles. The molecule has 1 spiro atoms. The maximum absolute atomic E-state index is 13.7. The Balaban J connectivity index is 1.52. The SMILES string of the molecule is CCC[C@H](CC(=O)[C@@H]1C[C@]2(CC(c3cccc(Cl)c3)=NO2)CN1C(=O)CC(C)(C)C)C(=O)C(=O)CC1CC1. The molecule has 1 saturated heterocycles. The third-order valence-electron chi connectivity index (χ3n) is 7.67. The molecule has 1 aliphatic carbocycles. The molecule has 38 heavy (non-hydrogen) atoms. The third kappa shape index (κ3) is 6.90. The van der Waals surface area contributed by atoms with Gasteiger partial charge in [-0.1, -0.05) is 63.0 Å². The zero-order valence-corrected chi connectivity index (χ0v) is 23.7. The van der Waals surface area contributed by atoms with E-state index in [1.807, 2.05) is 45.9 Å². The number of ketones is 3. The van der Waals surface area contributed by atoms with E-state index in [0.717, 1.165) is 24.1 Å². The van der Waals surface area contributed by atoms with Gasteiger partial charge in [0.25, 0.3) is 0 Å². The van der Waals surface area contributed by atoms with E-state index in [1.54, 1.807) is 11.0 Å². The highest BCUT2D eigenvalue weighted by Gasteiger charge is 2.54. The van der Waals surface area contributed by atoms with Crippen molar-refractivity contribution < 1.29 is 24.0 Å². The van der Waals surface area contributed by atoms with Gasteiger partial charge in [0.15, 0.2) is 17.2 Å². The molecule has 0 N–H and O–H groups in total. The number of likely N-dealkylation sites (tertiary alicyclic amines) is 1. The minimum Gasteiger partial charge on any atom is -0.387 e. The quantitative estimate of drug-likeness (QED) is 0.341. The highest BCUT2D eigenvalue weighted by atomic mass is 35.5. The van der Waals surface area contributed by atoms with Gasteiger partial charge >= 0.3 is 0 Å². The molecule has 8 heteroatoms. The fourth-order valence-corrected chi connectivity index (χ4v) is 5.75. The van der Waals surface area contributed by atoms with Crippen LogP contribution in [0.1, 0.15) is 91.0 Å². The first-order valence-corrected chi connectivity index (χ1v) is 14.2. The predicted octanol–water partition coefficient (Wildman–Crippen LogP) is 5.55. The Morgan fingerprint density at radius 3 is 2.58 bits per heavy atom. The minimum atomic E-state index is -0.808. The number of carbonyl (C=O) groups excluding carboxylic acids is 4. The van der Waals surface area contributed by atoms with Crippen LogP contribution in [0.25, 0.3) is 0 Å². The number of hydrogen-bond acceptors (Lipinski definition) is 6. The van der Waals surface area contributed by atoms with Gasteiger partial charge in [0, 0.05) is 48.6 Å². The van der Waals surface area contributed by atoms with Crippen molar-refractivity contribution in [1.29, 1.82) is 0 Å². The van der Waals surface area contributed by atoms with Crippen LogP contribution in [-0.4, -0.2) is 52.1 Å². The van der Waals surface area contributed by atoms with Crippen molar-refractivity contribution >= 4 is 40.6 Å². The van der Waals surface area contributed by atoms with Crippen LogP contribution in [0.4, 0.5) is 0 Å². The van der Waals surface area contributed by atoms with Gasteiger partial charge in [0.1, 0.15) is 0 Å². The minimum absolute atomic E-state index is 0.0366. The normalized spacial score (nSPS) is 23.8. The Kier molecular flexibility index (Phi) is 8.46. The molecule has 0 radical (unpaired) electrons. The van der Waals surface area contributed by atoms with Crippen molar-refractivity contribution in [2.45, 2.75) is 97.1 Å². The number of halogens is 1. The molecule has 0 unspecified atom stereocenters. The zero-order chi connectivity index (χ0) is 27.7. The molecule has 1 aromatic rings. The first kappa shape index (κ1) is 28.5. The van der Waals surface area contributed by atoms with E-state index in [-0.39, 0.29) is 48.7 Å². The van der Waals surface area contributed by atoms with Gasteiger partial charge in [-0.25, -0.2) is 0 Å². The second-order valence-corrected chi connectivity index (χ2v) is 13.0. The van der Waals surface area contributed by atoms with Crippen molar-refractivity contribution in [1.82, 2.24) is 4.90 Å². The number of amides is 1. The van der Waals surface area contributed by atoms with E-state index in [0.29, 0.717) is 36.6 Å². The van der Waals surface area contributed by atoms with Gasteiger partial charge in [-0.2, -0.15) is 0 Å². The molecule has 2 aliphatic heterocycles. The molecule has 206 valence electrons. The summed E-state index contributed by atoms with van der Waals surface area (Å²) in [6.07, 6.45) is 4.45. The summed E-state index contributed by atoms with van der Waals surface area (Å²) in [5.41, 5.74) is 0.514. The first-order valence-electron chi connectivity index (χ1n) is 13.8. The molecule has 3 aliphatic rings. The maximum Gasteiger partial charge on any atom is 0.223 e. The molecule has 0 bridgehead atoms. The Morgan fingerprint density at radius 2 is 1.95 bits per heavy atom. The van der Waals surface area contributed by atoms with Crippen LogP contribution in [-0.2, 0) is 24.0 Å². The summed E-state index contributed by atoms with van der Waals surface area (Å²) in [6.45, 7) is 8.16. The fourth-order valence-electron chi connectivity index (χ4n) is 5.56. The molecule has 1 aromatic carbocycles. The van der Waals surface area contributed by atoms with E-state index in [4.69, 9.17) is 16.4 Å². The van der Waals surface area contributed by atoms with Crippen molar-refractivity contribution in [3.8, 4) is 0 Å². The summed E-state index contributed by atoms with van der Waals surface area (Å²) in [5, 5.41) is 4.92. The Bertz CT molecular complexity index is 1140. The summed E-state index contributed by atoms with van der Waals surface area (Å²) in [7, 11) is 0. The summed E-state index contributed by atoms with van der Waals surface area (Å²) >= 11 is 6.17. The molecule has 3 atom stereocenters. The lowest BCUT2D eigenvalue weighted by atomic mass is 9.85. The summed E-state index contributed by atoms with van der Waals surface area (Å²) in [5.74, 6) is -1.42. The van der Waals surface area contributed by atoms with E-state index in [9.17, 15) is 19.2 Å². The fraction of sp³-hybridized carbons (Fsp3) is 0.633. The van der Waals surface area contributed by atoms with E-state index in [1.165, 1.54) is 0 Å². The Hall–Kier alpha value is -2.54. The molecule has 4 rings (SSSR count). The predicted molar refractivity (Wildman–Crippen MR) is 146 cm³/mol. The van der Waals surface area contributed by atoms with E-state index in [2.05, 4.69) is 5.16 Å². The molecular formula is C30H39ClN2O5. The van der Waals surface area contributed by atoms with E-state index >= 15 is 0 Å². The monoisotopic (exact) mass is 542 g/mol. The van der Waals surface area contributed by atoms with Crippen molar-refractivity contribution in [2.75, 3.05) is 6.54 Å². The highest BCUT2D eigenvalue weighted by Crippen LogP contribution is 2.41. The number of hydrogen-bond donors (Lipinski definition) is 0. The number of carbonyl (C=O) groups is 4. The average Bonchev–Trinajstić information content (AvgIpc) is 3.43. The van der Waals surface area contributed by atoms with Crippen LogP contribution in [0, 0.1) is 17.3 Å². The van der Waals surface area contributed by atoms with E-state index < -0.39 is 23.3 Å². The van der Waals surface area contributed by atoms with Crippen molar-refractivity contribution in [3.05, 3.63) is 34.9 Å². The standard InChI is InChI=1S/C30H39ClN2O5/c1-5-7-21(28(37)26(35)12-19-10-11-19)14-25(34)24-16-30(18-33(24)27(36)17-29(2,3)4)15-23(32-38-30)20-8-6-9-22(31)13-20/h6,8-9,13,19,21,24H,5,7,10-12,14-18H2,1-4H3/t21-,24+,30-/m1/s1. The van der Waals surface area contributed by atoms with Gasteiger partial charge in [0.05, 0.1) is 18.3 Å². The maximum atomic E-state index is 13.7. The highest BCUT2D eigenvalue weighted by molar-refractivity contribution is 6.38. The van der Waals surface area contributed by atoms with Crippen LogP contribution in [0.15, 0.2) is 29.4 Å².